The van der Waals surface area contributed by atoms with E-state index < -0.39 is 172 Å². The molecule has 0 bridgehead atoms. The smallest absolute Gasteiger partial charge is 0.335 e. The molecule has 6 amide bonds. The predicted octanol–water partition coefficient (Wildman–Crippen LogP) is 16.0. The molecule has 0 saturated carbocycles. The lowest BCUT2D eigenvalue weighted by atomic mass is 9.99. The van der Waals surface area contributed by atoms with Gasteiger partial charge in [-0.15, -0.1) is 30.6 Å². The summed E-state index contributed by atoms with van der Waals surface area (Å²) in [5.74, 6) is -15.6. The van der Waals surface area contributed by atoms with Gasteiger partial charge in [-0.3, -0.25) is 28.8 Å². The molecule has 5 aromatic carbocycles. The van der Waals surface area contributed by atoms with Gasteiger partial charge >= 0.3 is 6.18 Å². The fourth-order valence-electron chi connectivity index (χ4n) is 18.8. The van der Waals surface area contributed by atoms with Crippen LogP contribution in [0.15, 0.2) is 152 Å². The molecule has 0 aliphatic carbocycles. The summed E-state index contributed by atoms with van der Waals surface area (Å²) in [6.45, 7) is -1.60. The van der Waals surface area contributed by atoms with Crippen LogP contribution in [-0.2, 0) is 6.42 Å². The van der Waals surface area contributed by atoms with Gasteiger partial charge < -0.3 is 29.4 Å². The zero-order valence-electron chi connectivity index (χ0n) is 74.2. The highest BCUT2D eigenvalue weighted by Crippen LogP contribution is 2.47. The van der Waals surface area contributed by atoms with Crippen LogP contribution in [0, 0.1) is 11.8 Å². The number of aryl methyl sites for hydroxylation is 1. The second-order valence-electron chi connectivity index (χ2n) is 36.1. The average Bonchev–Trinajstić information content (AvgIpc) is 1.44. The number of halogens is 20. The van der Waals surface area contributed by atoms with Gasteiger partial charge in [0.15, 0.2) is 60.0 Å². The zero-order valence-corrected chi connectivity index (χ0v) is 74.2. The number of alkyl halides is 20. The molecule has 18 heterocycles. The lowest BCUT2D eigenvalue weighted by Gasteiger charge is -2.39. The molecular formula is C92H90F20N24O6. The minimum Gasteiger partial charge on any atom is -0.335 e. The summed E-state index contributed by atoms with van der Waals surface area (Å²) in [5.41, 5.74) is 4.35. The van der Waals surface area contributed by atoms with Crippen molar-refractivity contribution in [3.8, 4) is 0 Å². The van der Waals surface area contributed by atoms with Crippen molar-refractivity contribution in [2.45, 2.75) is 201 Å². The van der Waals surface area contributed by atoms with Crippen LogP contribution >= 0.6 is 0 Å². The van der Waals surface area contributed by atoms with E-state index in [4.69, 9.17) is 0 Å². The first-order valence-corrected chi connectivity index (χ1v) is 45.2. The van der Waals surface area contributed by atoms with Crippen LogP contribution in [0.1, 0.15) is 266 Å². The number of carbonyl (C=O) groups is 6. The molecule has 0 spiro atoms. The highest BCUT2D eigenvalue weighted by molar-refractivity contribution is 5.94. The topological polar surface area (TPSA) is 306 Å². The van der Waals surface area contributed by atoms with Crippen molar-refractivity contribution in [2.75, 3.05) is 65.4 Å². The van der Waals surface area contributed by atoms with Gasteiger partial charge in [0.2, 0.25) is 41.4 Å². The zero-order chi connectivity index (χ0) is 99.9. The Morgan fingerprint density at radius 3 is 0.894 bits per heavy atom. The SMILES string of the molecule is C.CC(F)(F)[C@@H]1CCc2nc(C(=O)N3CC(F)(F)C3)nn21.O=C(c1nc2n(n1)[C@@H](c1ccccc1)C[C@H]2F)N1CCC(F)(F)C1.O=C(c1nc2n(n1)[C@H](c1ccccc1)C[C@@H]2F)N1CC(C(F)(F)F)C1.O=C(c1nc2n(n1)[C@H](c1ccccc1)C[C@@H]2F)N1CC(C(F)F)C1.O=C(c1nc2n(n1)[C@H](c1ccccc1)C[C@@H]2F)N1CC[C@@H]1C(F)F.O=C(c1nc2n(n1)[C@H](c1ccccc1)C[C@@H]2F)N1CC[C@H]1C(F)F. The molecule has 23 rings (SSSR count). The molecule has 12 aliphatic heterocycles. The summed E-state index contributed by atoms with van der Waals surface area (Å²) in [4.78, 5) is 103. The number of amides is 6. The van der Waals surface area contributed by atoms with Crippen LogP contribution in [0.25, 0.3) is 0 Å². The molecule has 0 radical (unpaired) electrons. The third kappa shape index (κ3) is 20.1. The first-order valence-electron chi connectivity index (χ1n) is 45.2. The first-order chi connectivity index (χ1) is 67.1. The standard InChI is InChI=1S/C16H14F4N4O.4C16H15F3N4O.C11H12F4N4O.CH4/c17-11-6-12(9-4-2-1-3-5-9)24-14(11)21-13(22-24)15(25)23-7-10(8-23)16(18,19)20;17-11-6-12(9-4-2-1-3-5-9)23-15(11)20-14(21-23)16(24)22-7-10(8-22)13(18)19;17-11-8-12(10-4-2-1-3-5-10)23-14(11)20-13(21-23)15(24)22-7-6-16(18,19)9-22;2*17-10-8-12(9-4-2-1-3-5-9)23-15(10)20-14(21-23)16(24)22-7-6-11(22)13(18)19;1-10(12,13)6-2-3-7-16-8(17-19(6)7)9(20)18-4-11(14,15)5-18;/h1-5,10-12H,6-8H2;1-5,10-13H,6-8H2;1-5,11-12H,6-9H2;2*1-5,10-13H,6-8H2;6H,2-5H2,1H3;1H4/t3*11-,12-;10-,11+,12-;10-,11-,12-;6-;/m001000./s1. The van der Waals surface area contributed by atoms with Crippen LogP contribution < -0.4 is 0 Å². The van der Waals surface area contributed by atoms with Gasteiger partial charge in [0.05, 0.1) is 73.8 Å². The van der Waals surface area contributed by atoms with Gasteiger partial charge in [0, 0.05) is 97.7 Å². The summed E-state index contributed by atoms with van der Waals surface area (Å²) >= 11 is 0. The van der Waals surface area contributed by atoms with Crippen LogP contribution in [-0.4, -0.2) is 274 Å². The number of hydrogen-bond donors (Lipinski definition) is 0. The molecule has 6 fully saturated rings. The fraction of sp³-hybridized carbons (Fsp3) is 0.478. The highest BCUT2D eigenvalue weighted by atomic mass is 19.4. The van der Waals surface area contributed by atoms with Crippen molar-refractivity contribution >= 4 is 35.4 Å². The van der Waals surface area contributed by atoms with E-state index in [1.54, 1.807) is 0 Å². The lowest BCUT2D eigenvalue weighted by Crippen LogP contribution is -2.58. The molecule has 13 atom stereocenters. The van der Waals surface area contributed by atoms with Crippen molar-refractivity contribution in [2.24, 2.45) is 11.8 Å². The molecule has 754 valence electrons. The van der Waals surface area contributed by atoms with E-state index in [-0.39, 0.29) is 192 Å². The van der Waals surface area contributed by atoms with E-state index in [2.05, 4.69) is 60.5 Å². The second-order valence-corrected chi connectivity index (χ2v) is 36.1. The van der Waals surface area contributed by atoms with Gasteiger partial charge in [-0.2, -0.15) is 13.2 Å². The Labute approximate surface area is 794 Å². The molecule has 6 aromatic heterocycles. The number of hydrogen-bond acceptors (Lipinski definition) is 18. The Morgan fingerprint density at radius 2 is 0.627 bits per heavy atom. The van der Waals surface area contributed by atoms with Crippen LogP contribution in [0.3, 0.4) is 0 Å². The Hall–Kier alpha value is -13.6. The summed E-state index contributed by atoms with van der Waals surface area (Å²) in [7, 11) is 0. The normalized spacial score (nSPS) is 24.4. The van der Waals surface area contributed by atoms with Crippen LogP contribution in [0.4, 0.5) is 87.8 Å². The number of likely N-dealkylation sites (tertiary alicyclic amines) is 6. The number of carbonyl (C=O) groups excluding carboxylic acids is 6. The van der Waals surface area contributed by atoms with E-state index in [9.17, 15) is 117 Å². The van der Waals surface area contributed by atoms with E-state index >= 15 is 0 Å². The van der Waals surface area contributed by atoms with Crippen molar-refractivity contribution < 1.29 is 117 Å². The van der Waals surface area contributed by atoms with Crippen molar-refractivity contribution in [3.05, 3.63) is 249 Å². The molecule has 142 heavy (non-hydrogen) atoms. The van der Waals surface area contributed by atoms with Gasteiger partial charge in [-0.05, 0) is 47.1 Å². The maximum Gasteiger partial charge on any atom is 0.395 e. The predicted molar refractivity (Wildman–Crippen MR) is 458 cm³/mol. The third-order valence-corrected chi connectivity index (χ3v) is 26.6. The number of rotatable bonds is 15. The molecule has 0 unspecified atom stereocenters. The Kier molecular flexibility index (Phi) is 27.9. The molecule has 6 saturated heterocycles. The van der Waals surface area contributed by atoms with E-state index in [1.165, 1.54) is 28.3 Å². The Bertz CT molecular complexity index is 6090. The maximum atomic E-state index is 14.3. The van der Waals surface area contributed by atoms with Crippen LogP contribution in [0.2, 0.25) is 0 Å². The summed E-state index contributed by atoms with van der Waals surface area (Å²) in [6.07, 6.45) is -16.9. The quantitative estimate of drug-likeness (QED) is 0.0861. The largest absolute Gasteiger partial charge is 0.395 e. The maximum absolute atomic E-state index is 14.3. The third-order valence-electron chi connectivity index (χ3n) is 26.6. The van der Waals surface area contributed by atoms with Crippen molar-refractivity contribution in [1.29, 1.82) is 0 Å². The van der Waals surface area contributed by atoms with Crippen molar-refractivity contribution in [1.82, 2.24) is 118 Å². The second kappa shape index (κ2) is 39.7. The lowest BCUT2D eigenvalue weighted by molar-refractivity contribution is -0.202. The van der Waals surface area contributed by atoms with E-state index in [0.717, 1.165) is 63.9 Å². The first kappa shape index (κ1) is 99.9. The van der Waals surface area contributed by atoms with Gasteiger partial charge in [-0.25, -0.2) is 133 Å². The van der Waals surface area contributed by atoms with Gasteiger partial charge in [0.25, 0.3) is 66.1 Å². The molecular weight excluding hydrogens is 1920 g/mol. The summed E-state index contributed by atoms with van der Waals surface area (Å²) in [5, 5.41) is 24.4. The number of fused-ring (bicyclic) bond motifs is 6. The van der Waals surface area contributed by atoms with Gasteiger partial charge in [-0.1, -0.05) is 159 Å². The monoisotopic (exact) mass is 2010 g/mol. The molecule has 12 aliphatic rings. The molecule has 30 nitrogen and oxygen atoms in total. The Balaban J connectivity index is 0.000000117. The van der Waals surface area contributed by atoms with E-state index in [0.29, 0.717) is 12.2 Å². The number of aromatic nitrogens is 18. The number of benzene rings is 5. The van der Waals surface area contributed by atoms with Crippen LogP contribution in [0.5, 0.6) is 0 Å². The van der Waals surface area contributed by atoms with Gasteiger partial charge in [0.1, 0.15) is 11.9 Å². The molecule has 50 heteroatoms. The minimum absolute atomic E-state index is 0. The minimum atomic E-state index is -4.32. The summed E-state index contributed by atoms with van der Waals surface area (Å²) in [6, 6.07) is 41.2. The highest BCUT2D eigenvalue weighted by Gasteiger charge is 2.54. The van der Waals surface area contributed by atoms with E-state index in [1.807, 2.05) is 152 Å². The summed E-state index contributed by atoms with van der Waals surface area (Å²) < 4.78 is 272. The fourth-order valence-corrected chi connectivity index (χ4v) is 18.8. The number of nitrogens with zero attached hydrogens (tertiary/aromatic N) is 24. The molecule has 11 aromatic rings. The Morgan fingerprint density at radius 1 is 0.345 bits per heavy atom. The van der Waals surface area contributed by atoms with Crippen molar-refractivity contribution in [3.63, 3.8) is 0 Å². The average molecular weight is 2010 g/mol. The molecule has 0 N–H and O–H groups in total.